The van der Waals surface area contributed by atoms with Crippen LogP contribution in [0.3, 0.4) is 0 Å². The maximum atomic E-state index is 9.80. The van der Waals surface area contributed by atoms with E-state index in [-0.39, 0.29) is 23.5 Å². The zero-order chi connectivity index (χ0) is 12.8. The third kappa shape index (κ3) is 7.20. The van der Waals surface area contributed by atoms with E-state index in [0.29, 0.717) is 6.54 Å². The van der Waals surface area contributed by atoms with Gasteiger partial charge in [-0.1, -0.05) is 34.6 Å². The van der Waals surface area contributed by atoms with Gasteiger partial charge in [0.05, 0.1) is 6.10 Å². The van der Waals surface area contributed by atoms with Crippen LogP contribution in [0.25, 0.3) is 0 Å². The molecule has 0 aliphatic carbocycles. The second-order valence-electron chi connectivity index (χ2n) is 6.37. The van der Waals surface area contributed by atoms with Gasteiger partial charge in [-0.05, 0) is 18.3 Å². The van der Waals surface area contributed by atoms with E-state index in [1.54, 1.807) is 0 Å². The summed E-state index contributed by atoms with van der Waals surface area (Å²) in [6.07, 6.45) is 1.42. The van der Waals surface area contributed by atoms with E-state index in [1.165, 1.54) is 0 Å². The van der Waals surface area contributed by atoms with Gasteiger partial charge in [0.15, 0.2) is 0 Å². The van der Waals surface area contributed by atoms with Crippen LogP contribution in [-0.4, -0.2) is 36.0 Å². The minimum atomic E-state index is -0.306. The molecule has 0 saturated heterocycles. The summed E-state index contributed by atoms with van der Waals surface area (Å²) in [5, 5.41) is 22.3. The molecule has 3 N–H and O–H groups in total. The standard InChI is InChI=1S/C13H29NO2/c1-6-13(5,10-15)9-14-8-11(16)7-12(2,3)4/h11,14-16H,6-10H2,1-5H3. The first kappa shape index (κ1) is 15.9. The molecule has 0 aromatic heterocycles. The molecule has 0 fully saturated rings. The number of aliphatic hydroxyl groups excluding tert-OH is 2. The molecular weight excluding hydrogens is 202 g/mol. The number of hydrogen-bond donors (Lipinski definition) is 3. The Morgan fingerprint density at radius 2 is 1.75 bits per heavy atom. The molecule has 16 heavy (non-hydrogen) atoms. The lowest BCUT2D eigenvalue weighted by Gasteiger charge is -2.28. The highest BCUT2D eigenvalue weighted by molar-refractivity contribution is 4.76. The van der Waals surface area contributed by atoms with Crippen LogP contribution in [0.2, 0.25) is 0 Å². The molecule has 0 saturated carbocycles. The Morgan fingerprint density at radius 3 is 2.12 bits per heavy atom. The minimum absolute atomic E-state index is 0.0680. The van der Waals surface area contributed by atoms with Crippen LogP contribution in [0.15, 0.2) is 0 Å². The molecule has 0 heterocycles. The van der Waals surface area contributed by atoms with E-state index in [9.17, 15) is 10.2 Å². The van der Waals surface area contributed by atoms with Gasteiger partial charge in [0.1, 0.15) is 0 Å². The van der Waals surface area contributed by atoms with E-state index in [2.05, 4.69) is 39.9 Å². The van der Waals surface area contributed by atoms with Gasteiger partial charge in [0.25, 0.3) is 0 Å². The highest BCUT2D eigenvalue weighted by Gasteiger charge is 2.21. The van der Waals surface area contributed by atoms with Gasteiger partial charge in [-0.15, -0.1) is 0 Å². The highest BCUT2D eigenvalue weighted by Crippen LogP contribution is 2.21. The summed E-state index contributed by atoms with van der Waals surface area (Å²) in [6.45, 7) is 12.0. The van der Waals surface area contributed by atoms with Gasteiger partial charge >= 0.3 is 0 Å². The molecule has 0 rings (SSSR count). The number of aliphatic hydroxyl groups is 2. The Bertz CT molecular complexity index is 183. The lowest BCUT2D eigenvalue weighted by Crippen LogP contribution is -2.38. The summed E-state index contributed by atoms with van der Waals surface area (Å²) in [7, 11) is 0. The number of nitrogens with one attached hydrogen (secondary N) is 1. The fourth-order valence-corrected chi connectivity index (χ4v) is 1.61. The zero-order valence-corrected chi connectivity index (χ0v) is 11.5. The maximum Gasteiger partial charge on any atom is 0.0669 e. The summed E-state index contributed by atoms with van der Waals surface area (Å²) in [5.74, 6) is 0. The van der Waals surface area contributed by atoms with Crippen molar-refractivity contribution >= 4 is 0 Å². The Balaban J connectivity index is 3.81. The average molecular weight is 231 g/mol. The van der Waals surface area contributed by atoms with E-state index in [4.69, 9.17) is 0 Å². The quantitative estimate of drug-likeness (QED) is 0.626. The molecule has 0 aliphatic rings. The minimum Gasteiger partial charge on any atom is -0.396 e. The van der Waals surface area contributed by atoms with Crippen molar-refractivity contribution < 1.29 is 10.2 Å². The van der Waals surface area contributed by atoms with E-state index in [1.807, 2.05) is 0 Å². The molecule has 2 atom stereocenters. The topological polar surface area (TPSA) is 52.5 Å². The largest absolute Gasteiger partial charge is 0.396 e. The monoisotopic (exact) mass is 231 g/mol. The third-order valence-corrected chi connectivity index (χ3v) is 3.02. The molecule has 0 aromatic rings. The van der Waals surface area contributed by atoms with Crippen molar-refractivity contribution in [2.24, 2.45) is 10.8 Å². The Morgan fingerprint density at radius 1 is 1.19 bits per heavy atom. The molecule has 0 radical (unpaired) electrons. The van der Waals surface area contributed by atoms with Crippen LogP contribution in [0.5, 0.6) is 0 Å². The van der Waals surface area contributed by atoms with Gasteiger partial charge in [-0.3, -0.25) is 0 Å². The molecule has 3 heteroatoms. The van der Waals surface area contributed by atoms with Gasteiger partial charge in [-0.2, -0.15) is 0 Å². The van der Waals surface area contributed by atoms with Crippen LogP contribution in [-0.2, 0) is 0 Å². The summed E-state index contributed by atoms with van der Waals surface area (Å²) >= 11 is 0. The Hall–Kier alpha value is -0.120. The van der Waals surface area contributed by atoms with Crippen molar-refractivity contribution in [1.29, 1.82) is 0 Å². The fraction of sp³-hybridized carbons (Fsp3) is 1.00. The number of rotatable bonds is 7. The summed E-state index contributed by atoms with van der Waals surface area (Å²) in [6, 6.07) is 0. The smallest absolute Gasteiger partial charge is 0.0669 e. The summed E-state index contributed by atoms with van der Waals surface area (Å²) < 4.78 is 0. The third-order valence-electron chi connectivity index (χ3n) is 3.02. The molecule has 2 unspecified atom stereocenters. The first-order valence-electron chi connectivity index (χ1n) is 6.22. The Kier molecular flexibility index (Phi) is 6.53. The summed E-state index contributed by atoms with van der Waals surface area (Å²) in [4.78, 5) is 0. The van der Waals surface area contributed by atoms with Crippen molar-refractivity contribution in [2.75, 3.05) is 19.7 Å². The SMILES string of the molecule is CCC(C)(CO)CNCC(O)CC(C)(C)C. The molecule has 0 aliphatic heterocycles. The van der Waals surface area contributed by atoms with Crippen LogP contribution < -0.4 is 5.32 Å². The first-order chi connectivity index (χ1) is 7.22. The Labute approximate surface area is 100 Å². The molecular formula is C13H29NO2. The molecule has 98 valence electrons. The van der Waals surface area contributed by atoms with Gasteiger partial charge < -0.3 is 15.5 Å². The average Bonchev–Trinajstić information content (AvgIpc) is 2.14. The van der Waals surface area contributed by atoms with Crippen molar-refractivity contribution in [3.8, 4) is 0 Å². The van der Waals surface area contributed by atoms with Crippen LogP contribution in [0.1, 0.15) is 47.5 Å². The lowest BCUT2D eigenvalue weighted by atomic mass is 9.87. The molecule has 0 amide bonds. The molecule has 0 spiro atoms. The van der Waals surface area contributed by atoms with Crippen molar-refractivity contribution in [3.63, 3.8) is 0 Å². The molecule has 0 bridgehead atoms. The van der Waals surface area contributed by atoms with Crippen LogP contribution in [0, 0.1) is 10.8 Å². The zero-order valence-electron chi connectivity index (χ0n) is 11.5. The van der Waals surface area contributed by atoms with Gasteiger partial charge in [-0.25, -0.2) is 0 Å². The van der Waals surface area contributed by atoms with E-state index in [0.717, 1.165) is 19.4 Å². The second kappa shape index (κ2) is 6.58. The van der Waals surface area contributed by atoms with E-state index >= 15 is 0 Å². The van der Waals surface area contributed by atoms with Crippen LogP contribution in [0.4, 0.5) is 0 Å². The predicted octanol–water partition coefficient (Wildman–Crippen LogP) is 1.78. The predicted molar refractivity (Wildman–Crippen MR) is 68.4 cm³/mol. The highest BCUT2D eigenvalue weighted by atomic mass is 16.3. The second-order valence-corrected chi connectivity index (χ2v) is 6.37. The van der Waals surface area contributed by atoms with Gasteiger partial charge in [0.2, 0.25) is 0 Å². The normalized spacial score (nSPS) is 18.2. The maximum absolute atomic E-state index is 9.80. The van der Waals surface area contributed by atoms with Crippen molar-refractivity contribution in [2.45, 2.75) is 53.6 Å². The van der Waals surface area contributed by atoms with Crippen LogP contribution >= 0.6 is 0 Å². The molecule has 0 aromatic carbocycles. The van der Waals surface area contributed by atoms with Gasteiger partial charge in [0, 0.05) is 25.1 Å². The lowest BCUT2D eigenvalue weighted by molar-refractivity contribution is 0.102. The molecule has 3 nitrogen and oxygen atoms in total. The first-order valence-corrected chi connectivity index (χ1v) is 6.22. The van der Waals surface area contributed by atoms with Crippen molar-refractivity contribution in [1.82, 2.24) is 5.32 Å². The van der Waals surface area contributed by atoms with E-state index < -0.39 is 0 Å². The summed E-state index contributed by atoms with van der Waals surface area (Å²) in [5.41, 5.74) is 0.0909. The fourth-order valence-electron chi connectivity index (χ4n) is 1.61. The van der Waals surface area contributed by atoms with Crippen molar-refractivity contribution in [3.05, 3.63) is 0 Å². The number of hydrogen-bond acceptors (Lipinski definition) is 3.